The Hall–Kier alpha value is -3.03. The van der Waals surface area contributed by atoms with Gasteiger partial charge >= 0.3 is 0 Å². The van der Waals surface area contributed by atoms with Gasteiger partial charge in [-0.05, 0) is 18.2 Å². The summed E-state index contributed by atoms with van der Waals surface area (Å²) in [5, 5.41) is 13.1. The number of pyridine rings is 1. The van der Waals surface area contributed by atoms with Crippen LogP contribution in [0.2, 0.25) is 0 Å². The maximum Gasteiger partial charge on any atom is 0.274 e. The van der Waals surface area contributed by atoms with E-state index in [0.717, 1.165) is 6.07 Å². The number of nitro groups is 1. The Morgan fingerprint density at radius 1 is 1.38 bits per heavy atom. The molecule has 1 aromatic heterocycles. The van der Waals surface area contributed by atoms with Crippen LogP contribution in [0.4, 0.5) is 15.8 Å². The number of nitrogens with one attached hydrogen (secondary N) is 1. The van der Waals surface area contributed by atoms with Crippen molar-refractivity contribution in [3.8, 4) is 5.75 Å². The highest BCUT2D eigenvalue weighted by atomic mass is 19.1. The van der Waals surface area contributed by atoms with Crippen molar-refractivity contribution >= 4 is 17.3 Å². The number of aromatic nitrogens is 1. The predicted octanol–water partition coefficient (Wildman–Crippen LogP) is 2.39. The summed E-state index contributed by atoms with van der Waals surface area (Å²) in [5.41, 5.74) is -0.0664. The number of anilines is 1. The van der Waals surface area contributed by atoms with Gasteiger partial charge in [0.15, 0.2) is 0 Å². The molecule has 1 aromatic carbocycles. The number of rotatable bonds is 4. The quantitative estimate of drug-likeness (QED) is 0.530. The largest absolute Gasteiger partial charge is 0.494 e. The van der Waals surface area contributed by atoms with Crippen LogP contribution in [0.5, 0.6) is 5.75 Å². The zero-order chi connectivity index (χ0) is 15.4. The van der Waals surface area contributed by atoms with Crippen LogP contribution < -0.4 is 10.1 Å². The molecular formula is C13H10FN3O4. The highest BCUT2D eigenvalue weighted by Gasteiger charge is 2.15. The van der Waals surface area contributed by atoms with E-state index in [-0.39, 0.29) is 22.8 Å². The van der Waals surface area contributed by atoms with E-state index in [4.69, 9.17) is 4.74 Å². The fourth-order valence-corrected chi connectivity index (χ4v) is 1.62. The second-order valence-corrected chi connectivity index (χ2v) is 3.94. The SMILES string of the molecule is COc1cc([N+](=O)[O-])ccc1NC(=O)c1cccc(F)n1. The number of halogens is 1. The third kappa shape index (κ3) is 3.30. The summed E-state index contributed by atoms with van der Waals surface area (Å²) in [6.45, 7) is 0. The summed E-state index contributed by atoms with van der Waals surface area (Å²) in [6.07, 6.45) is 0. The van der Waals surface area contributed by atoms with Gasteiger partial charge in [0.05, 0.1) is 23.8 Å². The van der Waals surface area contributed by atoms with Crippen LogP contribution in [0.25, 0.3) is 0 Å². The number of benzene rings is 1. The molecule has 1 amide bonds. The van der Waals surface area contributed by atoms with Crippen molar-refractivity contribution in [3.05, 3.63) is 58.2 Å². The number of nitrogens with zero attached hydrogens (tertiary/aromatic N) is 2. The van der Waals surface area contributed by atoms with E-state index in [1.54, 1.807) is 0 Å². The molecule has 1 heterocycles. The van der Waals surface area contributed by atoms with Crippen molar-refractivity contribution in [2.45, 2.75) is 0 Å². The fraction of sp³-hybridized carbons (Fsp3) is 0.0769. The number of hydrogen-bond donors (Lipinski definition) is 1. The third-order valence-electron chi connectivity index (χ3n) is 2.59. The maximum absolute atomic E-state index is 13.0. The van der Waals surface area contributed by atoms with E-state index >= 15 is 0 Å². The Bertz CT molecular complexity index is 706. The third-order valence-corrected chi connectivity index (χ3v) is 2.59. The van der Waals surface area contributed by atoms with Gasteiger partial charge in [-0.1, -0.05) is 6.07 Å². The average molecular weight is 291 g/mol. The Balaban J connectivity index is 2.27. The van der Waals surface area contributed by atoms with Crippen LogP contribution in [0.1, 0.15) is 10.5 Å². The number of carbonyl (C=O) groups is 1. The molecule has 0 atom stereocenters. The summed E-state index contributed by atoms with van der Waals surface area (Å²) in [6, 6.07) is 7.53. The molecule has 0 spiro atoms. The van der Waals surface area contributed by atoms with Gasteiger partial charge in [-0.2, -0.15) is 4.39 Å². The summed E-state index contributed by atoms with van der Waals surface area (Å²) in [5.74, 6) is -1.31. The first-order valence-electron chi connectivity index (χ1n) is 5.77. The first kappa shape index (κ1) is 14.4. The zero-order valence-electron chi connectivity index (χ0n) is 10.9. The second-order valence-electron chi connectivity index (χ2n) is 3.94. The molecule has 0 fully saturated rings. The van der Waals surface area contributed by atoms with Gasteiger partial charge < -0.3 is 10.1 Å². The van der Waals surface area contributed by atoms with Crippen LogP contribution in [0, 0.1) is 16.1 Å². The summed E-state index contributed by atoms with van der Waals surface area (Å²) < 4.78 is 17.9. The van der Waals surface area contributed by atoms with E-state index in [0.29, 0.717) is 0 Å². The molecule has 2 rings (SSSR count). The predicted molar refractivity (Wildman–Crippen MR) is 71.8 cm³/mol. The molecule has 0 aliphatic rings. The molecule has 0 saturated heterocycles. The highest BCUT2D eigenvalue weighted by molar-refractivity contribution is 6.03. The summed E-state index contributed by atoms with van der Waals surface area (Å²) >= 11 is 0. The molecule has 108 valence electrons. The average Bonchev–Trinajstić information content (AvgIpc) is 2.47. The smallest absolute Gasteiger partial charge is 0.274 e. The normalized spacial score (nSPS) is 10.0. The highest BCUT2D eigenvalue weighted by Crippen LogP contribution is 2.29. The molecule has 1 N–H and O–H groups in total. The van der Waals surface area contributed by atoms with Crippen LogP contribution in [0.3, 0.4) is 0 Å². The van der Waals surface area contributed by atoms with E-state index < -0.39 is 16.8 Å². The Morgan fingerprint density at radius 3 is 2.76 bits per heavy atom. The van der Waals surface area contributed by atoms with Gasteiger partial charge in [0.1, 0.15) is 11.4 Å². The molecule has 0 radical (unpaired) electrons. The lowest BCUT2D eigenvalue weighted by Gasteiger charge is -2.09. The van der Waals surface area contributed by atoms with Crippen LogP contribution in [0.15, 0.2) is 36.4 Å². The first-order chi connectivity index (χ1) is 10.0. The number of methoxy groups -OCH3 is 1. The van der Waals surface area contributed by atoms with Gasteiger partial charge in [0, 0.05) is 6.07 Å². The minimum absolute atomic E-state index is 0.115. The van der Waals surface area contributed by atoms with E-state index in [2.05, 4.69) is 10.3 Å². The number of carbonyl (C=O) groups excluding carboxylic acids is 1. The second kappa shape index (κ2) is 5.95. The van der Waals surface area contributed by atoms with Crippen molar-refractivity contribution in [1.29, 1.82) is 0 Å². The Labute approximate surface area is 118 Å². The number of non-ortho nitro benzene ring substituents is 1. The molecule has 0 aliphatic heterocycles. The molecule has 0 unspecified atom stereocenters. The summed E-state index contributed by atoms with van der Waals surface area (Å²) in [7, 11) is 1.31. The number of ether oxygens (including phenoxy) is 1. The topological polar surface area (TPSA) is 94.4 Å². The lowest BCUT2D eigenvalue weighted by Crippen LogP contribution is -2.14. The molecular weight excluding hydrogens is 281 g/mol. The Kier molecular flexibility index (Phi) is 4.07. The molecule has 0 aliphatic carbocycles. The fourth-order valence-electron chi connectivity index (χ4n) is 1.62. The van der Waals surface area contributed by atoms with Crippen LogP contribution in [-0.4, -0.2) is 22.9 Å². The van der Waals surface area contributed by atoms with Crippen molar-refractivity contribution in [3.63, 3.8) is 0 Å². The summed E-state index contributed by atoms with van der Waals surface area (Å²) in [4.78, 5) is 25.5. The van der Waals surface area contributed by atoms with Gasteiger partial charge in [-0.25, -0.2) is 4.98 Å². The zero-order valence-corrected chi connectivity index (χ0v) is 10.9. The van der Waals surface area contributed by atoms with Gasteiger partial charge in [0.2, 0.25) is 5.95 Å². The first-order valence-corrected chi connectivity index (χ1v) is 5.77. The van der Waals surface area contributed by atoms with Crippen LogP contribution in [-0.2, 0) is 0 Å². The lowest BCUT2D eigenvalue weighted by molar-refractivity contribution is -0.384. The minimum atomic E-state index is -0.779. The lowest BCUT2D eigenvalue weighted by atomic mass is 10.2. The van der Waals surface area contributed by atoms with Gasteiger partial charge in [-0.3, -0.25) is 14.9 Å². The maximum atomic E-state index is 13.0. The van der Waals surface area contributed by atoms with E-state index in [1.165, 1.54) is 37.4 Å². The van der Waals surface area contributed by atoms with Crippen molar-refractivity contribution in [1.82, 2.24) is 4.98 Å². The minimum Gasteiger partial charge on any atom is -0.494 e. The standard InChI is InChI=1S/C13H10FN3O4/c1-21-11-7-8(17(19)20)5-6-9(11)16-13(18)10-3-2-4-12(14)15-10/h2-7H,1H3,(H,16,18). The van der Waals surface area contributed by atoms with Crippen molar-refractivity contribution in [2.75, 3.05) is 12.4 Å². The molecule has 0 saturated carbocycles. The van der Waals surface area contributed by atoms with Crippen molar-refractivity contribution < 1.29 is 18.8 Å². The molecule has 7 nitrogen and oxygen atoms in total. The molecule has 8 heteroatoms. The van der Waals surface area contributed by atoms with Gasteiger partial charge in [-0.15, -0.1) is 0 Å². The van der Waals surface area contributed by atoms with Crippen LogP contribution >= 0.6 is 0 Å². The number of amides is 1. The molecule has 0 bridgehead atoms. The molecule has 2 aromatic rings. The molecule has 21 heavy (non-hydrogen) atoms. The van der Waals surface area contributed by atoms with Crippen molar-refractivity contribution in [2.24, 2.45) is 0 Å². The number of nitro benzene ring substituents is 1. The number of hydrogen-bond acceptors (Lipinski definition) is 5. The monoisotopic (exact) mass is 291 g/mol. The Morgan fingerprint density at radius 2 is 2.14 bits per heavy atom. The van der Waals surface area contributed by atoms with Gasteiger partial charge in [0.25, 0.3) is 11.6 Å². The van der Waals surface area contributed by atoms with E-state index in [1.807, 2.05) is 0 Å². The van der Waals surface area contributed by atoms with E-state index in [9.17, 15) is 19.3 Å².